The van der Waals surface area contributed by atoms with Gasteiger partial charge in [-0.2, -0.15) is 4.98 Å². The van der Waals surface area contributed by atoms with Crippen LogP contribution in [0.15, 0.2) is 48.5 Å². The van der Waals surface area contributed by atoms with Crippen molar-refractivity contribution in [3.63, 3.8) is 0 Å². The van der Waals surface area contributed by atoms with Gasteiger partial charge in [0.25, 0.3) is 6.01 Å². The number of aromatic amines is 1. The number of aromatic nitrogens is 3. The molecule has 4 aromatic rings. The van der Waals surface area contributed by atoms with E-state index in [2.05, 4.69) is 15.0 Å². The first-order valence-electron chi connectivity index (χ1n) is 10.6. The Morgan fingerprint density at radius 1 is 1.00 bits per heavy atom. The molecule has 0 saturated carbocycles. The summed E-state index contributed by atoms with van der Waals surface area (Å²) in [6.07, 6.45) is 0.619. The Kier molecular flexibility index (Phi) is 5.01. The van der Waals surface area contributed by atoms with E-state index in [9.17, 15) is 8.78 Å². The van der Waals surface area contributed by atoms with Gasteiger partial charge in [0.15, 0.2) is 11.8 Å². The fourth-order valence-electron chi connectivity index (χ4n) is 4.35. The first-order chi connectivity index (χ1) is 16.0. The number of rotatable bonds is 4. The Bertz CT molecular complexity index is 1350. The molecular weight excluding hydrogens is 452 g/mol. The van der Waals surface area contributed by atoms with Crippen molar-refractivity contribution in [3.8, 4) is 28.4 Å². The topological polar surface area (TPSA) is 69.3 Å². The van der Waals surface area contributed by atoms with E-state index in [1.54, 1.807) is 30.3 Å². The van der Waals surface area contributed by atoms with Crippen LogP contribution in [0.1, 0.15) is 6.42 Å². The zero-order chi connectivity index (χ0) is 22.5. The van der Waals surface area contributed by atoms with Gasteiger partial charge in [0, 0.05) is 17.7 Å². The molecule has 4 heterocycles. The summed E-state index contributed by atoms with van der Waals surface area (Å²) in [6.45, 7) is 1.12. The molecule has 2 aromatic carbocycles. The number of nitrogens with zero attached hydrogens (tertiary/aromatic N) is 2. The van der Waals surface area contributed by atoms with Gasteiger partial charge in [0.05, 0.1) is 28.9 Å². The summed E-state index contributed by atoms with van der Waals surface area (Å²) < 4.78 is 45.1. The molecule has 2 fully saturated rings. The zero-order valence-electron chi connectivity index (χ0n) is 17.2. The molecular formula is C24H18ClF2N3O3. The molecule has 9 heteroatoms. The standard InChI is InChI=1S/C24H18ClF2N3O3/c25-16-10-18-23(30-24(28-18)33-20-11-32-19-7-8-31-22(19)20)29-21(16)13-3-1-12(2-4-13)15-9-14(26)5-6-17(15)27/h1-6,9-10,19-20,22H,7-8,11H2,(H,28,29,30)/t19-,20?,22+/m1/s1. The maximum absolute atomic E-state index is 14.1. The highest BCUT2D eigenvalue weighted by atomic mass is 35.5. The van der Waals surface area contributed by atoms with Crippen LogP contribution >= 0.6 is 11.6 Å². The van der Waals surface area contributed by atoms with Gasteiger partial charge in [0.2, 0.25) is 0 Å². The lowest BCUT2D eigenvalue weighted by Gasteiger charge is -2.15. The molecule has 2 aromatic heterocycles. The second-order valence-corrected chi connectivity index (χ2v) is 8.49. The van der Waals surface area contributed by atoms with Crippen LogP contribution in [0.25, 0.3) is 33.5 Å². The predicted octanol–water partition coefficient (Wildman–Crippen LogP) is 5.16. The minimum Gasteiger partial charge on any atom is -0.456 e. The number of hydrogen-bond acceptors (Lipinski definition) is 5. The minimum absolute atomic E-state index is 0.0716. The van der Waals surface area contributed by atoms with E-state index in [0.29, 0.717) is 46.7 Å². The summed E-state index contributed by atoms with van der Waals surface area (Å²) in [4.78, 5) is 12.1. The lowest BCUT2D eigenvalue weighted by Crippen LogP contribution is -2.32. The van der Waals surface area contributed by atoms with Gasteiger partial charge in [-0.1, -0.05) is 35.9 Å². The molecule has 0 bridgehead atoms. The Labute approximate surface area is 192 Å². The number of halogens is 3. The molecule has 2 aliphatic heterocycles. The number of nitrogens with one attached hydrogen (secondary N) is 1. The van der Waals surface area contributed by atoms with E-state index in [1.165, 1.54) is 6.07 Å². The number of fused-ring (bicyclic) bond motifs is 2. The number of H-pyrrole nitrogens is 1. The fraction of sp³-hybridized carbons (Fsp3) is 0.250. The normalized spacial score (nSPS) is 22.1. The summed E-state index contributed by atoms with van der Waals surface area (Å²) in [5, 5.41) is 0.422. The molecule has 1 N–H and O–H groups in total. The van der Waals surface area contributed by atoms with Crippen LogP contribution in [-0.2, 0) is 9.47 Å². The lowest BCUT2D eigenvalue weighted by atomic mass is 10.0. The van der Waals surface area contributed by atoms with Gasteiger partial charge < -0.3 is 19.2 Å². The molecule has 0 amide bonds. The molecule has 1 unspecified atom stereocenters. The average Bonchev–Trinajstić information content (AvgIpc) is 3.52. The molecule has 168 valence electrons. The van der Waals surface area contributed by atoms with Crippen LogP contribution in [0.2, 0.25) is 5.02 Å². The third kappa shape index (κ3) is 3.74. The van der Waals surface area contributed by atoms with Crippen LogP contribution in [-0.4, -0.2) is 46.5 Å². The van der Waals surface area contributed by atoms with E-state index < -0.39 is 11.6 Å². The van der Waals surface area contributed by atoms with Crippen LogP contribution in [0, 0.1) is 11.6 Å². The average molecular weight is 470 g/mol. The summed E-state index contributed by atoms with van der Waals surface area (Å²) in [5.74, 6) is -0.992. The first kappa shape index (κ1) is 20.5. The largest absolute Gasteiger partial charge is 0.456 e. The van der Waals surface area contributed by atoms with Crippen molar-refractivity contribution < 1.29 is 23.0 Å². The molecule has 2 saturated heterocycles. The second kappa shape index (κ2) is 8.06. The quantitative estimate of drug-likeness (QED) is 0.447. The van der Waals surface area contributed by atoms with Crippen LogP contribution in [0.5, 0.6) is 6.01 Å². The second-order valence-electron chi connectivity index (χ2n) is 8.09. The van der Waals surface area contributed by atoms with E-state index in [4.69, 9.17) is 25.8 Å². The van der Waals surface area contributed by atoms with Gasteiger partial charge >= 0.3 is 0 Å². The molecule has 0 radical (unpaired) electrons. The van der Waals surface area contributed by atoms with Gasteiger partial charge in [-0.3, -0.25) is 0 Å². The van der Waals surface area contributed by atoms with Gasteiger partial charge in [0.1, 0.15) is 17.7 Å². The van der Waals surface area contributed by atoms with Gasteiger partial charge in [-0.15, -0.1) is 0 Å². The zero-order valence-corrected chi connectivity index (χ0v) is 18.0. The Hall–Kier alpha value is -3.07. The summed E-state index contributed by atoms with van der Waals surface area (Å²) >= 11 is 6.49. The lowest BCUT2D eigenvalue weighted by molar-refractivity contribution is 0.0273. The van der Waals surface area contributed by atoms with E-state index in [0.717, 1.165) is 24.1 Å². The first-order valence-corrected chi connectivity index (χ1v) is 10.9. The number of ether oxygens (including phenoxy) is 3. The van der Waals surface area contributed by atoms with Crippen molar-refractivity contribution >= 4 is 22.8 Å². The number of hydrogen-bond donors (Lipinski definition) is 1. The molecule has 6 nitrogen and oxygen atoms in total. The summed E-state index contributed by atoms with van der Waals surface area (Å²) in [6, 6.07) is 12.4. The van der Waals surface area contributed by atoms with Crippen molar-refractivity contribution in [1.29, 1.82) is 0 Å². The maximum atomic E-state index is 14.1. The predicted molar refractivity (Wildman–Crippen MR) is 118 cm³/mol. The molecule has 2 aliphatic rings. The van der Waals surface area contributed by atoms with Crippen molar-refractivity contribution in [2.75, 3.05) is 13.2 Å². The molecule has 6 rings (SSSR count). The summed E-state index contributed by atoms with van der Waals surface area (Å²) in [7, 11) is 0. The maximum Gasteiger partial charge on any atom is 0.296 e. The fourth-order valence-corrected chi connectivity index (χ4v) is 4.62. The van der Waals surface area contributed by atoms with E-state index in [-0.39, 0.29) is 23.9 Å². The Morgan fingerprint density at radius 3 is 2.67 bits per heavy atom. The van der Waals surface area contributed by atoms with Crippen molar-refractivity contribution in [1.82, 2.24) is 15.0 Å². The van der Waals surface area contributed by atoms with Gasteiger partial charge in [-0.05, 0) is 36.2 Å². The number of pyridine rings is 1. The molecule has 0 spiro atoms. The summed E-state index contributed by atoms with van der Waals surface area (Å²) in [5.41, 5.74) is 3.08. The third-order valence-corrected chi connectivity index (χ3v) is 6.27. The van der Waals surface area contributed by atoms with E-state index in [1.807, 2.05) is 0 Å². The smallest absolute Gasteiger partial charge is 0.296 e. The van der Waals surface area contributed by atoms with Crippen molar-refractivity contribution in [3.05, 3.63) is 65.2 Å². The molecule has 33 heavy (non-hydrogen) atoms. The third-order valence-electron chi connectivity index (χ3n) is 5.99. The van der Waals surface area contributed by atoms with Crippen molar-refractivity contribution in [2.24, 2.45) is 0 Å². The van der Waals surface area contributed by atoms with Crippen LogP contribution in [0.4, 0.5) is 8.78 Å². The highest BCUT2D eigenvalue weighted by Gasteiger charge is 2.43. The SMILES string of the molecule is Fc1ccc(F)c(-c2ccc(-c3nc4nc(OC5CO[C@@H]6CCO[C@H]56)[nH]c4cc3Cl)cc2)c1. The molecule has 0 aliphatic carbocycles. The van der Waals surface area contributed by atoms with Crippen LogP contribution in [0.3, 0.4) is 0 Å². The Balaban J connectivity index is 1.28. The minimum atomic E-state index is -0.499. The van der Waals surface area contributed by atoms with E-state index >= 15 is 0 Å². The monoisotopic (exact) mass is 469 g/mol. The number of imidazole rings is 1. The van der Waals surface area contributed by atoms with Crippen LogP contribution < -0.4 is 4.74 Å². The Morgan fingerprint density at radius 2 is 1.82 bits per heavy atom. The molecule has 3 atom stereocenters. The number of benzene rings is 2. The highest BCUT2D eigenvalue weighted by molar-refractivity contribution is 6.33. The van der Waals surface area contributed by atoms with Gasteiger partial charge in [-0.25, -0.2) is 13.8 Å². The highest BCUT2D eigenvalue weighted by Crippen LogP contribution is 2.33. The van der Waals surface area contributed by atoms with Crippen molar-refractivity contribution in [2.45, 2.75) is 24.7 Å².